The molecule has 0 bridgehead atoms. The van der Waals surface area contributed by atoms with Crippen LogP contribution in [0.5, 0.6) is 0 Å². The molecule has 0 saturated carbocycles. The number of aromatic nitrogens is 2. The van der Waals surface area contributed by atoms with Gasteiger partial charge in [0.25, 0.3) is 0 Å². The molecule has 0 aliphatic carbocycles. The third-order valence-corrected chi connectivity index (χ3v) is 3.86. The fraction of sp³-hybridized carbons (Fsp3) is 0.750. The zero-order valence-electron chi connectivity index (χ0n) is 10.6. The smallest absolute Gasteiger partial charge is 0.220 e. The summed E-state index contributed by atoms with van der Waals surface area (Å²) in [6, 6.07) is 0. The predicted molar refractivity (Wildman–Crippen MR) is 69.5 cm³/mol. The summed E-state index contributed by atoms with van der Waals surface area (Å²) in [5.74, 6) is 0.509. The van der Waals surface area contributed by atoms with E-state index in [2.05, 4.69) is 15.5 Å². The number of carbonyl (C=O) groups is 1. The fourth-order valence-corrected chi connectivity index (χ4v) is 2.76. The van der Waals surface area contributed by atoms with Gasteiger partial charge in [-0.05, 0) is 25.7 Å². The number of amides is 1. The number of ether oxygens (including phenoxy) is 1. The van der Waals surface area contributed by atoms with Crippen LogP contribution in [0.15, 0.2) is 0 Å². The normalized spacial score (nSPS) is 19.7. The molecule has 0 radical (unpaired) electrons. The molecule has 2 rings (SSSR count). The van der Waals surface area contributed by atoms with Crippen molar-refractivity contribution in [2.75, 3.05) is 19.8 Å². The maximum Gasteiger partial charge on any atom is 0.220 e. The molecule has 1 atom stereocenters. The number of aryl methyl sites for hydroxylation is 1. The van der Waals surface area contributed by atoms with Crippen molar-refractivity contribution in [3.8, 4) is 0 Å². The zero-order valence-corrected chi connectivity index (χ0v) is 11.5. The SMILES string of the molecule is Cc1nnc(CCNC(=O)CC2CCCOC2)s1. The number of hydrogen-bond acceptors (Lipinski definition) is 5. The Balaban J connectivity index is 1.62. The quantitative estimate of drug-likeness (QED) is 0.875. The molecule has 1 unspecified atom stereocenters. The summed E-state index contributed by atoms with van der Waals surface area (Å²) >= 11 is 1.58. The van der Waals surface area contributed by atoms with Gasteiger partial charge in [-0.25, -0.2) is 0 Å². The Morgan fingerprint density at radius 3 is 3.11 bits per heavy atom. The second-order valence-electron chi connectivity index (χ2n) is 4.60. The van der Waals surface area contributed by atoms with E-state index < -0.39 is 0 Å². The van der Waals surface area contributed by atoms with Crippen molar-refractivity contribution < 1.29 is 9.53 Å². The number of hydrogen-bond donors (Lipinski definition) is 1. The van der Waals surface area contributed by atoms with Crippen molar-refractivity contribution in [3.63, 3.8) is 0 Å². The lowest BCUT2D eigenvalue weighted by Gasteiger charge is -2.21. The van der Waals surface area contributed by atoms with E-state index in [9.17, 15) is 4.79 Å². The molecule has 1 fully saturated rings. The van der Waals surface area contributed by atoms with E-state index in [0.717, 1.165) is 42.5 Å². The molecule has 1 aliphatic rings. The zero-order chi connectivity index (χ0) is 12.8. The number of rotatable bonds is 5. The van der Waals surface area contributed by atoms with Gasteiger partial charge >= 0.3 is 0 Å². The minimum absolute atomic E-state index is 0.117. The van der Waals surface area contributed by atoms with E-state index >= 15 is 0 Å². The molecule has 1 aromatic rings. The molecule has 2 heterocycles. The minimum Gasteiger partial charge on any atom is -0.381 e. The lowest BCUT2D eigenvalue weighted by Crippen LogP contribution is -2.30. The Kier molecular flexibility index (Phi) is 5.07. The average molecular weight is 269 g/mol. The van der Waals surface area contributed by atoms with Crippen LogP contribution >= 0.6 is 11.3 Å². The Morgan fingerprint density at radius 2 is 2.44 bits per heavy atom. The topological polar surface area (TPSA) is 64.1 Å². The van der Waals surface area contributed by atoms with Crippen molar-refractivity contribution in [1.82, 2.24) is 15.5 Å². The van der Waals surface area contributed by atoms with Gasteiger partial charge in [0.1, 0.15) is 10.0 Å². The van der Waals surface area contributed by atoms with Crippen LogP contribution in [0.4, 0.5) is 0 Å². The van der Waals surface area contributed by atoms with Crippen LogP contribution in [0.1, 0.15) is 29.3 Å². The van der Waals surface area contributed by atoms with E-state index in [-0.39, 0.29) is 5.91 Å². The van der Waals surface area contributed by atoms with Crippen LogP contribution in [0.25, 0.3) is 0 Å². The number of carbonyl (C=O) groups excluding carboxylic acids is 1. The van der Waals surface area contributed by atoms with Gasteiger partial charge in [-0.15, -0.1) is 21.5 Å². The van der Waals surface area contributed by atoms with Gasteiger partial charge in [-0.2, -0.15) is 0 Å². The first kappa shape index (κ1) is 13.4. The molecule has 5 nitrogen and oxygen atoms in total. The highest BCUT2D eigenvalue weighted by atomic mass is 32.1. The molecular weight excluding hydrogens is 250 g/mol. The van der Waals surface area contributed by atoms with Gasteiger partial charge < -0.3 is 10.1 Å². The first-order valence-electron chi connectivity index (χ1n) is 6.37. The highest BCUT2D eigenvalue weighted by molar-refractivity contribution is 7.11. The summed E-state index contributed by atoms with van der Waals surface area (Å²) in [4.78, 5) is 11.7. The molecular formula is C12H19N3O2S. The van der Waals surface area contributed by atoms with E-state index in [1.807, 2.05) is 6.92 Å². The molecule has 1 N–H and O–H groups in total. The lowest BCUT2D eigenvalue weighted by atomic mass is 9.98. The predicted octanol–water partition coefficient (Wildman–Crippen LogP) is 1.32. The number of nitrogens with zero attached hydrogens (tertiary/aromatic N) is 2. The van der Waals surface area contributed by atoms with Gasteiger partial charge in [0.15, 0.2) is 0 Å². The second kappa shape index (κ2) is 6.80. The molecule has 18 heavy (non-hydrogen) atoms. The fourth-order valence-electron chi connectivity index (χ4n) is 2.05. The average Bonchev–Trinajstić information content (AvgIpc) is 2.76. The van der Waals surface area contributed by atoms with E-state index in [4.69, 9.17) is 4.74 Å². The second-order valence-corrected chi connectivity index (χ2v) is 5.87. The summed E-state index contributed by atoms with van der Waals surface area (Å²) in [5.41, 5.74) is 0. The largest absolute Gasteiger partial charge is 0.381 e. The molecule has 1 aromatic heterocycles. The Morgan fingerprint density at radius 1 is 1.56 bits per heavy atom. The van der Waals surface area contributed by atoms with Crippen LogP contribution in [0.2, 0.25) is 0 Å². The van der Waals surface area contributed by atoms with Gasteiger partial charge in [-0.1, -0.05) is 0 Å². The summed E-state index contributed by atoms with van der Waals surface area (Å²) in [6.07, 6.45) is 3.51. The standard InChI is InChI=1S/C12H19N3O2S/c1-9-14-15-12(18-9)4-5-13-11(16)7-10-3-2-6-17-8-10/h10H,2-8H2,1H3,(H,13,16). The highest BCUT2D eigenvalue weighted by Gasteiger charge is 2.17. The maximum atomic E-state index is 11.7. The van der Waals surface area contributed by atoms with Gasteiger partial charge in [-0.3, -0.25) is 4.79 Å². The molecule has 6 heteroatoms. The molecule has 1 aliphatic heterocycles. The van der Waals surface area contributed by atoms with Crippen molar-refractivity contribution >= 4 is 17.2 Å². The van der Waals surface area contributed by atoms with Crippen molar-refractivity contribution in [3.05, 3.63) is 10.0 Å². The summed E-state index contributed by atoms with van der Waals surface area (Å²) < 4.78 is 5.36. The highest BCUT2D eigenvalue weighted by Crippen LogP contribution is 2.16. The first-order valence-corrected chi connectivity index (χ1v) is 7.19. The van der Waals surface area contributed by atoms with E-state index in [1.54, 1.807) is 11.3 Å². The summed E-state index contributed by atoms with van der Waals surface area (Å²) in [6.45, 7) is 4.14. The summed E-state index contributed by atoms with van der Waals surface area (Å²) in [7, 11) is 0. The third kappa shape index (κ3) is 4.34. The van der Waals surface area contributed by atoms with Gasteiger partial charge in [0.2, 0.25) is 5.91 Å². The molecule has 0 aromatic carbocycles. The first-order chi connectivity index (χ1) is 8.74. The monoisotopic (exact) mass is 269 g/mol. The van der Waals surface area contributed by atoms with Crippen molar-refractivity contribution in [1.29, 1.82) is 0 Å². The Labute approximate surface area is 111 Å². The molecule has 1 amide bonds. The van der Waals surface area contributed by atoms with Crippen molar-refractivity contribution in [2.24, 2.45) is 5.92 Å². The molecule has 1 saturated heterocycles. The van der Waals surface area contributed by atoms with Crippen LogP contribution in [-0.2, 0) is 16.0 Å². The van der Waals surface area contributed by atoms with E-state index in [1.165, 1.54) is 0 Å². The van der Waals surface area contributed by atoms with Gasteiger partial charge in [0, 0.05) is 32.6 Å². The summed E-state index contributed by atoms with van der Waals surface area (Å²) in [5, 5.41) is 12.9. The lowest BCUT2D eigenvalue weighted by molar-refractivity contribution is -0.123. The maximum absolute atomic E-state index is 11.7. The van der Waals surface area contributed by atoms with Crippen LogP contribution in [0, 0.1) is 12.8 Å². The van der Waals surface area contributed by atoms with Crippen LogP contribution in [0.3, 0.4) is 0 Å². The van der Waals surface area contributed by atoms with Gasteiger partial charge in [0.05, 0.1) is 0 Å². The van der Waals surface area contributed by atoms with Crippen LogP contribution in [-0.4, -0.2) is 35.9 Å². The Hall–Kier alpha value is -1.01. The number of nitrogens with one attached hydrogen (secondary N) is 1. The molecule has 0 spiro atoms. The Bertz CT molecular complexity index is 388. The van der Waals surface area contributed by atoms with E-state index in [0.29, 0.717) is 18.9 Å². The van der Waals surface area contributed by atoms with Crippen molar-refractivity contribution in [2.45, 2.75) is 32.6 Å². The minimum atomic E-state index is 0.117. The third-order valence-electron chi connectivity index (χ3n) is 2.96. The molecule has 100 valence electrons. The van der Waals surface area contributed by atoms with Crippen LogP contribution < -0.4 is 5.32 Å².